The van der Waals surface area contributed by atoms with E-state index in [1.54, 1.807) is 0 Å². The zero-order valence-electron chi connectivity index (χ0n) is 37.0. The summed E-state index contributed by atoms with van der Waals surface area (Å²) in [6.07, 6.45) is 0. The lowest BCUT2D eigenvalue weighted by molar-refractivity contribution is 1.18. The molecule has 0 N–H and O–H groups in total. The van der Waals surface area contributed by atoms with Gasteiger partial charge in [-0.25, -0.2) is 0 Å². The molecule has 0 aliphatic heterocycles. The summed E-state index contributed by atoms with van der Waals surface area (Å²) in [6, 6.07) is 103. The number of nitrogens with zero attached hydrogens (tertiary/aromatic N) is 2. The van der Waals surface area contributed by atoms with Gasteiger partial charge in [0.25, 0.3) is 0 Å². The molecular weight excluding hydrogens is 825 g/mol. The van der Waals surface area contributed by atoms with Crippen molar-refractivity contribution in [2.24, 2.45) is 0 Å². The SMILES string of the molecule is c1ccc(-c2ccc(N(c3ccc(-c4cccc([Si](c5ccccc5)(c5ccccc5)c5ccccc5)c4)cc3)c3cccc4c3c3ccccc3n4-c3ccccc3)c3ccccc23)cc1. The number of anilines is 3. The summed E-state index contributed by atoms with van der Waals surface area (Å²) >= 11 is 0. The third kappa shape index (κ3) is 6.87. The second-order valence-corrected chi connectivity index (χ2v) is 21.0. The maximum absolute atomic E-state index is 2.72. The molecule has 0 bridgehead atoms. The van der Waals surface area contributed by atoms with Gasteiger partial charge in [-0.3, -0.25) is 0 Å². The van der Waals surface area contributed by atoms with Crippen molar-refractivity contribution in [3.63, 3.8) is 0 Å². The molecule has 0 atom stereocenters. The molecule has 67 heavy (non-hydrogen) atoms. The monoisotopic (exact) mass is 870 g/mol. The largest absolute Gasteiger partial charge is 0.309 e. The summed E-state index contributed by atoms with van der Waals surface area (Å²) in [6.45, 7) is 0. The van der Waals surface area contributed by atoms with Crippen LogP contribution in [0.5, 0.6) is 0 Å². The van der Waals surface area contributed by atoms with E-state index in [0.717, 1.165) is 28.3 Å². The summed E-state index contributed by atoms with van der Waals surface area (Å²) < 4.78 is 2.41. The first-order valence-electron chi connectivity index (χ1n) is 23.1. The smallest absolute Gasteiger partial charge is 0.179 e. The first-order chi connectivity index (χ1) is 33.3. The van der Waals surface area contributed by atoms with E-state index in [9.17, 15) is 0 Å². The first-order valence-corrected chi connectivity index (χ1v) is 25.1. The Morgan fingerprint density at radius 1 is 0.299 bits per heavy atom. The highest BCUT2D eigenvalue weighted by molar-refractivity contribution is 7.19. The molecule has 0 saturated carbocycles. The van der Waals surface area contributed by atoms with Crippen molar-refractivity contribution in [1.29, 1.82) is 0 Å². The average Bonchev–Trinajstić information content (AvgIpc) is 3.76. The van der Waals surface area contributed by atoms with Crippen LogP contribution in [0.15, 0.2) is 279 Å². The third-order valence-electron chi connectivity index (χ3n) is 13.5. The van der Waals surface area contributed by atoms with Crippen molar-refractivity contribution in [3.8, 4) is 27.9 Å². The molecule has 3 heteroatoms. The second kappa shape index (κ2) is 17.1. The lowest BCUT2D eigenvalue weighted by Crippen LogP contribution is -2.74. The molecule has 316 valence electrons. The molecule has 1 heterocycles. The van der Waals surface area contributed by atoms with Crippen molar-refractivity contribution >= 4 is 78.5 Å². The predicted octanol–water partition coefficient (Wildman–Crippen LogP) is 14.1. The maximum Gasteiger partial charge on any atom is 0.179 e. The van der Waals surface area contributed by atoms with E-state index in [2.05, 4.69) is 289 Å². The molecule has 0 amide bonds. The number of hydrogen-bond acceptors (Lipinski definition) is 1. The van der Waals surface area contributed by atoms with Gasteiger partial charge in [-0.05, 0) is 96.9 Å². The summed E-state index contributed by atoms with van der Waals surface area (Å²) in [4.78, 5) is 2.49. The maximum atomic E-state index is 2.49. The van der Waals surface area contributed by atoms with E-state index in [1.165, 1.54) is 70.1 Å². The normalized spacial score (nSPS) is 11.6. The molecule has 2 nitrogen and oxygen atoms in total. The van der Waals surface area contributed by atoms with E-state index in [-0.39, 0.29) is 0 Å². The van der Waals surface area contributed by atoms with Crippen LogP contribution in [0.1, 0.15) is 0 Å². The Balaban J connectivity index is 1.06. The minimum absolute atomic E-state index is 1.09. The molecule has 0 radical (unpaired) electrons. The molecule has 0 unspecified atom stereocenters. The van der Waals surface area contributed by atoms with Gasteiger partial charge in [0.05, 0.1) is 22.4 Å². The number of hydrogen-bond donors (Lipinski definition) is 0. The van der Waals surface area contributed by atoms with E-state index >= 15 is 0 Å². The van der Waals surface area contributed by atoms with Crippen molar-refractivity contribution < 1.29 is 0 Å². The molecule has 0 aliphatic rings. The zero-order chi connectivity index (χ0) is 44.6. The number of fused-ring (bicyclic) bond motifs is 4. The van der Waals surface area contributed by atoms with Gasteiger partial charge in [-0.15, -0.1) is 0 Å². The molecule has 0 fully saturated rings. The summed E-state index contributed by atoms with van der Waals surface area (Å²) in [5.74, 6) is 0. The first kappa shape index (κ1) is 40.0. The van der Waals surface area contributed by atoms with Gasteiger partial charge in [0.15, 0.2) is 8.07 Å². The molecule has 12 aromatic rings. The van der Waals surface area contributed by atoms with Crippen LogP contribution in [0.25, 0.3) is 60.5 Å². The number of benzene rings is 11. The van der Waals surface area contributed by atoms with Crippen LogP contribution in [0.3, 0.4) is 0 Å². The highest BCUT2D eigenvalue weighted by atomic mass is 28.3. The Bertz CT molecular complexity index is 3570. The fourth-order valence-corrected chi connectivity index (χ4v) is 15.4. The highest BCUT2D eigenvalue weighted by Crippen LogP contribution is 2.47. The van der Waals surface area contributed by atoms with Gasteiger partial charge < -0.3 is 9.47 Å². The van der Waals surface area contributed by atoms with Crippen molar-refractivity contribution in [1.82, 2.24) is 4.57 Å². The van der Waals surface area contributed by atoms with Crippen molar-refractivity contribution in [2.45, 2.75) is 0 Å². The van der Waals surface area contributed by atoms with Gasteiger partial charge in [0, 0.05) is 27.5 Å². The van der Waals surface area contributed by atoms with Crippen LogP contribution >= 0.6 is 0 Å². The van der Waals surface area contributed by atoms with Crippen LogP contribution in [-0.4, -0.2) is 12.6 Å². The van der Waals surface area contributed by atoms with Gasteiger partial charge >= 0.3 is 0 Å². The van der Waals surface area contributed by atoms with Crippen LogP contribution in [0.2, 0.25) is 0 Å². The van der Waals surface area contributed by atoms with Crippen LogP contribution in [0.4, 0.5) is 17.1 Å². The minimum atomic E-state index is -2.72. The van der Waals surface area contributed by atoms with E-state index < -0.39 is 8.07 Å². The number of rotatable bonds is 10. The average molecular weight is 871 g/mol. The van der Waals surface area contributed by atoms with Crippen molar-refractivity contribution in [3.05, 3.63) is 279 Å². The van der Waals surface area contributed by atoms with E-state index in [4.69, 9.17) is 0 Å². The summed E-state index contributed by atoms with van der Waals surface area (Å²) in [5, 5.41) is 10.3. The Morgan fingerprint density at radius 2 is 0.791 bits per heavy atom. The Kier molecular flexibility index (Phi) is 10.2. The van der Waals surface area contributed by atoms with Gasteiger partial charge in [-0.1, -0.05) is 231 Å². The number of para-hydroxylation sites is 2. The third-order valence-corrected chi connectivity index (χ3v) is 18.3. The summed E-state index contributed by atoms with van der Waals surface area (Å²) in [5.41, 5.74) is 11.6. The van der Waals surface area contributed by atoms with Gasteiger partial charge in [-0.2, -0.15) is 0 Å². The topological polar surface area (TPSA) is 8.17 Å². The fraction of sp³-hybridized carbons (Fsp3) is 0. The highest BCUT2D eigenvalue weighted by Gasteiger charge is 2.41. The predicted molar refractivity (Wildman–Crippen MR) is 287 cm³/mol. The molecule has 0 spiro atoms. The minimum Gasteiger partial charge on any atom is -0.309 e. The van der Waals surface area contributed by atoms with Crippen molar-refractivity contribution in [2.75, 3.05) is 4.90 Å². The van der Waals surface area contributed by atoms with E-state index in [0.29, 0.717) is 0 Å². The lowest BCUT2D eigenvalue weighted by Gasteiger charge is -2.34. The van der Waals surface area contributed by atoms with Crippen LogP contribution in [-0.2, 0) is 0 Å². The Hall–Kier alpha value is -8.50. The standard InChI is InChI=1S/C64H46N2Si/c1-6-22-48(23-7-1)56-44-45-61(58-35-17-16-34-57(56)58)66(63-39-21-38-62-64(63)59-36-18-19-37-60(59)65(62)50-25-8-2-9-26-50)51-42-40-47(41-43-51)49-24-20-33-55(46-49)67(52-27-10-3-11-28-52,53-29-12-4-13-30-53)54-31-14-5-15-32-54/h1-46H. The quantitative estimate of drug-likeness (QED) is 0.0982. The fourth-order valence-electron chi connectivity index (χ4n) is 10.6. The Morgan fingerprint density at radius 3 is 1.43 bits per heavy atom. The zero-order valence-corrected chi connectivity index (χ0v) is 38.0. The molecule has 11 aromatic carbocycles. The summed E-state index contributed by atoms with van der Waals surface area (Å²) in [7, 11) is -2.72. The van der Waals surface area contributed by atoms with Crippen LogP contribution < -0.4 is 25.6 Å². The Labute approximate surface area is 392 Å². The lowest BCUT2D eigenvalue weighted by atomic mass is 9.96. The molecular formula is C64H46N2Si. The molecule has 0 saturated heterocycles. The molecule has 0 aliphatic carbocycles. The van der Waals surface area contributed by atoms with Crippen LogP contribution in [0, 0.1) is 0 Å². The molecule has 12 rings (SSSR count). The van der Waals surface area contributed by atoms with E-state index in [1.807, 2.05) is 0 Å². The second-order valence-electron chi connectivity index (χ2n) is 17.2. The number of aromatic nitrogens is 1. The van der Waals surface area contributed by atoms with Gasteiger partial charge in [0.2, 0.25) is 0 Å². The van der Waals surface area contributed by atoms with Gasteiger partial charge in [0.1, 0.15) is 0 Å². The molecule has 1 aromatic heterocycles.